The van der Waals surface area contributed by atoms with E-state index in [2.05, 4.69) is 24.7 Å². The molecule has 12 heteroatoms. The van der Waals surface area contributed by atoms with Gasteiger partial charge < -0.3 is 19.5 Å². The summed E-state index contributed by atoms with van der Waals surface area (Å²) in [7, 11) is -1.39. The van der Waals surface area contributed by atoms with Gasteiger partial charge in [0.25, 0.3) is 5.56 Å². The molecular weight excluding hydrogens is 483 g/mol. The predicted molar refractivity (Wildman–Crippen MR) is 127 cm³/mol. The van der Waals surface area contributed by atoms with Crippen molar-refractivity contribution in [3.63, 3.8) is 0 Å². The van der Waals surface area contributed by atoms with E-state index in [-0.39, 0.29) is 24.6 Å². The number of halogens is 3. The van der Waals surface area contributed by atoms with Gasteiger partial charge in [-0.15, -0.1) is 0 Å². The maximum Gasteiger partial charge on any atom is 0.423 e. The van der Waals surface area contributed by atoms with Crippen LogP contribution in [0, 0.1) is 0 Å². The van der Waals surface area contributed by atoms with Gasteiger partial charge >= 0.3 is 12.1 Å². The number of rotatable bonds is 10. The fraction of sp³-hybridized carbons (Fsp3) is 0.522. The van der Waals surface area contributed by atoms with Gasteiger partial charge in [0.1, 0.15) is 24.7 Å². The van der Waals surface area contributed by atoms with E-state index < -0.39 is 37.4 Å². The van der Waals surface area contributed by atoms with Crippen LogP contribution >= 0.6 is 0 Å². The second kappa shape index (κ2) is 10.8. The highest BCUT2D eigenvalue weighted by atomic mass is 28.3. The summed E-state index contributed by atoms with van der Waals surface area (Å²) in [5.74, 6) is -0.805. The quantitative estimate of drug-likeness (QED) is 0.374. The van der Waals surface area contributed by atoms with Crippen molar-refractivity contribution < 1.29 is 32.5 Å². The Morgan fingerprint density at radius 3 is 2.69 bits per heavy atom. The highest BCUT2D eigenvalue weighted by molar-refractivity contribution is 6.76. The molecule has 0 unspecified atom stereocenters. The Kier molecular flexibility index (Phi) is 8.26. The second-order valence-electron chi connectivity index (χ2n) is 9.69. The third kappa shape index (κ3) is 7.07. The normalized spacial score (nSPS) is 16.5. The van der Waals surface area contributed by atoms with Crippen LogP contribution in [0.4, 0.5) is 18.9 Å². The molecule has 1 atom stereocenters. The Morgan fingerprint density at radius 2 is 2.03 bits per heavy atom. The van der Waals surface area contributed by atoms with Crippen molar-refractivity contribution in [3.8, 4) is 5.75 Å². The standard InChI is InChI=1S/C23H30F3N3O5Si/c1-35(2,3)11-10-33-15-29-21(30)20(23(24,25)26)19(13-27-29)28-9-5-7-17(28)14-34-18-8-4-6-16(12-18)22(31)32/h4,6,8,12-13,17H,5,7,9-11,14-15H2,1-3H3,(H,31,32)/t17-/m0/s1. The van der Waals surface area contributed by atoms with Crippen LogP contribution in [-0.4, -0.2) is 54.7 Å². The van der Waals surface area contributed by atoms with Crippen LogP contribution in [0.2, 0.25) is 25.7 Å². The molecule has 8 nitrogen and oxygen atoms in total. The lowest BCUT2D eigenvalue weighted by Crippen LogP contribution is -2.40. The third-order valence-corrected chi connectivity index (χ3v) is 7.43. The van der Waals surface area contributed by atoms with Crippen molar-refractivity contribution in [2.45, 2.75) is 57.5 Å². The maximum absolute atomic E-state index is 14.0. The van der Waals surface area contributed by atoms with Crippen molar-refractivity contribution in [2.24, 2.45) is 0 Å². The summed E-state index contributed by atoms with van der Waals surface area (Å²) < 4.78 is 53.8. The SMILES string of the molecule is C[Si](C)(C)CCOCn1ncc(N2CCC[C@H]2COc2cccc(C(=O)O)c2)c(C(F)(F)F)c1=O. The van der Waals surface area contributed by atoms with Crippen molar-refractivity contribution in [3.05, 3.63) is 51.9 Å². The number of alkyl halides is 3. The molecule has 1 aromatic heterocycles. The van der Waals surface area contributed by atoms with E-state index in [4.69, 9.17) is 14.6 Å². The van der Waals surface area contributed by atoms with Gasteiger partial charge in [-0.3, -0.25) is 4.79 Å². The molecule has 0 bridgehead atoms. The molecule has 0 aliphatic carbocycles. The fourth-order valence-corrected chi connectivity index (χ4v) is 4.58. The largest absolute Gasteiger partial charge is 0.491 e. The Balaban J connectivity index is 1.79. The highest BCUT2D eigenvalue weighted by Gasteiger charge is 2.41. The number of benzene rings is 1. The summed E-state index contributed by atoms with van der Waals surface area (Å²) in [6.45, 7) is 6.79. The summed E-state index contributed by atoms with van der Waals surface area (Å²) in [4.78, 5) is 25.4. The molecule has 1 aliphatic heterocycles. The average Bonchev–Trinajstić information content (AvgIpc) is 3.23. The molecule has 1 N–H and O–H groups in total. The lowest BCUT2D eigenvalue weighted by Gasteiger charge is -2.29. The molecule has 2 aromatic rings. The van der Waals surface area contributed by atoms with Crippen LogP contribution in [0.3, 0.4) is 0 Å². The number of aromatic nitrogens is 2. The number of hydrogen-bond donors (Lipinski definition) is 1. The average molecular weight is 514 g/mol. The molecule has 192 valence electrons. The first-order valence-corrected chi connectivity index (χ1v) is 15.1. The van der Waals surface area contributed by atoms with E-state index >= 15 is 0 Å². The molecule has 1 aromatic carbocycles. The topological polar surface area (TPSA) is 93.9 Å². The zero-order valence-electron chi connectivity index (χ0n) is 20.0. The minimum Gasteiger partial charge on any atom is -0.491 e. The number of nitrogens with zero attached hydrogens (tertiary/aromatic N) is 3. The molecule has 1 aliphatic rings. The number of hydrogen-bond acceptors (Lipinski definition) is 6. The van der Waals surface area contributed by atoms with E-state index in [0.29, 0.717) is 36.4 Å². The van der Waals surface area contributed by atoms with E-state index in [1.165, 1.54) is 23.1 Å². The predicted octanol–water partition coefficient (Wildman–Crippen LogP) is 4.32. The van der Waals surface area contributed by atoms with E-state index in [0.717, 1.165) is 12.2 Å². The summed E-state index contributed by atoms with van der Waals surface area (Å²) in [5, 5.41) is 13.1. The molecular formula is C23H30F3N3O5Si. The molecule has 1 fully saturated rings. The molecule has 2 heterocycles. The Bertz CT molecular complexity index is 1100. The Labute approximate surface area is 202 Å². The van der Waals surface area contributed by atoms with Crippen LogP contribution in [0.15, 0.2) is 35.3 Å². The number of aromatic carboxylic acids is 1. The first kappa shape index (κ1) is 26.7. The van der Waals surface area contributed by atoms with Gasteiger partial charge in [-0.05, 0) is 37.1 Å². The zero-order chi connectivity index (χ0) is 25.8. The van der Waals surface area contributed by atoms with Gasteiger partial charge in [0.2, 0.25) is 0 Å². The smallest absolute Gasteiger partial charge is 0.423 e. The van der Waals surface area contributed by atoms with Gasteiger partial charge in [0.15, 0.2) is 0 Å². The van der Waals surface area contributed by atoms with Crippen LogP contribution in [0.25, 0.3) is 0 Å². The number of carbonyl (C=O) groups is 1. The first-order valence-electron chi connectivity index (χ1n) is 11.3. The molecule has 0 radical (unpaired) electrons. The van der Waals surface area contributed by atoms with Gasteiger partial charge in [0.05, 0.1) is 23.5 Å². The van der Waals surface area contributed by atoms with E-state index in [1.54, 1.807) is 6.07 Å². The van der Waals surface area contributed by atoms with Gasteiger partial charge in [-0.1, -0.05) is 25.7 Å². The molecule has 35 heavy (non-hydrogen) atoms. The Hall–Kier alpha value is -2.86. The van der Waals surface area contributed by atoms with Crippen LogP contribution in [0.1, 0.15) is 28.8 Å². The van der Waals surface area contributed by atoms with Crippen molar-refractivity contribution in [2.75, 3.05) is 24.7 Å². The number of ether oxygens (including phenoxy) is 2. The second-order valence-corrected chi connectivity index (χ2v) is 15.3. The van der Waals surface area contributed by atoms with E-state index in [1.807, 2.05) is 0 Å². The molecule has 1 saturated heterocycles. The Morgan fingerprint density at radius 1 is 1.29 bits per heavy atom. The molecule has 0 spiro atoms. The van der Waals surface area contributed by atoms with Gasteiger partial charge in [-0.2, -0.15) is 18.3 Å². The highest BCUT2D eigenvalue weighted by Crippen LogP contribution is 2.36. The van der Waals surface area contributed by atoms with Crippen molar-refractivity contribution in [1.29, 1.82) is 0 Å². The lowest BCUT2D eigenvalue weighted by molar-refractivity contribution is -0.138. The van der Waals surface area contributed by atoms with E-state index in [9.17, 15) is 22.8 Å². The first-order chi connectivity index (χ1) is 16.4. The van der Waals surface area contributed by atoms with Gasteiger partial charge in [-0.25, -0.2) is 9.48 Å². The molecule has 0 amide bonds. The monoisotopic (exact) mass is 513 g/mol. The van der Waals surface area contributed by atoms with Crippen molar-refractivity contribution in [1.82, 2.24) is 9.78 Å². The maximum atomic E-state index is 14.0. The lowest BCUT2D eigenvalue weighted by atomic mass is 10.2. The summed E-state index contributed by atoms with van der Waals surface area (Å²) >= 11 is 0. The molecule has 3 rings (SSSR count). The van der Waals surface area contributed by atoms with Crippen molar-refractivity contribution >= 4 is 19.7 Å². The number of carboxylic acids is 1. The summed E-state index contributed by atoms with van der Waals surface area (Å²) in [6.07, 6.45) is -2.64. The van der Waals surface area contributed by atoms with Gasteiger partial charge in [0, 0.05) is 21.2 Å². The summed E-state index contributed by atoms with van der Waals surface area (Å²) in [6, 6.07) is 6.27. The molecule has 0 saturated carbocycles. The minimum atomic E-state index is -4.88. The number of carboxylic acid groups (broad SMARTS) is 1. The fourth-order valence-electron chi connectivity index (χ4n) is 3.82. The minimum absolute atomic E-state index is 0.0310. The number of anilines is 1. The summed E-state index contributed by atoms with van der Waals surface area (Å²) in [5.41, 5.74) is -2.76. The van der Waals surface area contributed by atoms with Crippen LogP contribution in [-0.2, 0) is 17.6 Å². The van der Waals surface area contributed by atoms with Crippen LogP contribution < -0.4 is 15.2 Å². The third-order valence-electron chi connectivity index (χ3n) is 5.73. The zero-order valence-corrected chi connectivity index (χ0v) is 21.0. The van der Waals surface area contributed by atoms with Crippen LogP contribution in [0.5, 0.6) is 5.75 Å².